The van der Waals surface area contributed by atoms with E-state index in [-0.39, 0.29) is 12.3 Å². The van der Waals surface area contributed by atoms with Gasteiger partial charge in [0.25, 0.3) is 5.91 Å². The Morgan fingerprint density at radius 1 is 1.42 bits per heavy atom. The summed E-state index contributed by atoms with van der Waals surface area (Å²) in [5.74, 6) is -1.02. The summed E-state index contributed by atoms with van der Waals surface area (Å²) in [5.41, 5.74) is 0.323. The van der Waals surface area contributed by atoms with Crippen molar-refractivity contribution in [1.29, 1.82) is 0 Å². The van der Waals surface area contributed by atoms with Crippen molar-refractivity contribution < 1.29 is 17.6 Å². The largest absolute Gasteiger partial charge is 0.351 e. The first kappa shape index (κ1) is 16.3. The summed E-state index contributed by atoms with van der Waals surface area (Å²) in [7, 11) is -0.475. The van der Waals surface area contributed by atoms with Crippen LogP contribution in [-0.4, -0.2) is 45.0 Å². The molecule has 0 aromatic heterocycles. The van der Waals surface area contributed by atoms with Crippen LogP contribution in [0.5, 0.6) is 0 Å². The van der Waals surface area contributed by atoms with Gasteiger partial charge >= 0.3 is 0 Å². The van der Waals surface area contributed by atoms with E-state index in [2.05, 4.69) is 5.32 Å². The smallest absolute Gasteiger partial charge is 0.252 e. The van der Waals surface area contributed by atoms with Gasteiger partial charge < -0.3 is 5.32 Å². The van der Waals surface area contributed by atoms with Gasteiger partial charge in [0.2, 0.25) is 10.0 Å². The Kier molecular flexibility index (Phi) is 5.68. The zero-order chi connectivity index (χ0) is 14.6. The van der Waals surface area contributed by atoms with Gasteiger partial charge in [-0.15, -0.1) is 0 Å². The molecule has 0 atom stereocenters. The number of carbonyl (C=O) groups is 1. The van der Waals surface area contributed by atoms with Gasteiger partial charge in [0, 0.05) is 24.2 Å². The van der Waals surface area contributed by atoms with Crippen LogP contribution in [0.1, 0.15) is 10.4 Å². The van der Waals surface area contributed by atoms with Gasteiger partial charge in [0.1, 0.15) is 5.82 Å². The van der Waals surface area contributed by atoms with Gasteiger partial charge in [-0.05, 0) is 40.8 Å². The summed E-state index contributed by atoms with van der Waals surface area (Å²) < 4.78 is 37.4. The molecule has 0 aliphatic carbocycles. The summed E-state index contributed by atoms with van der Waals surface area (Å²) in [4.78, 5) is 11.8. The molecule has 0 aliphatic rings. The maximum absolute atomic E-state index is 12.9. The van der Waals surface area contributed by atoms with Crippen molar-refractivity contribution in [3.05, 3.63) is 33.1 Å². The van der Waals surface area contributed by atoms with Crippen LogP contribution in [0.4, 0.5) is 4.39 Å². The van der Waals surface area contributed by atoms with Crippen LogP contribution in [0.25, 0.3) is 0 Å². The normalized spacial score (nSPS) is 11.6. The number of nitrogens with zero attached hydrogens (tertiary/aromatic N) is 1. The zero-order valence-corrected chi connectivity index (χ0v) is 13.5. The summed E-state index contributed by atoms with van der Waals surface area (Å²) in [6.07, 6.45) is 0. The Labute approximate surface area is 125 Å². The van der Waals surface area contributed by atoms with Crippen molar-refractivity contribution in [1.82, 2.24) is 9.62 Å². The molecule has 8 heteroatoms. The van der Waals surface area contributed by atoms with E-state index < -0.39 is 21.7 Å². The molecule has 0 unspecified atom stereocenters. The second-order valence-corrected chi connectivity index (χ2v) is 7.44. The van der Waals surface area contributed by atoms with Gasteiger partial charge in [-0.3, -0.25) is 4.79 Å². The van der Waals surface area contributed by atoms with Crippen LogP contribution < -0.4 is 5.32 Å². The number of hydrogen-bond acceptors (Lipinski definition) is 3. The predicted molar refractivity (Wildman–Crippen MR) is 78.9 cm³/mol. The van der Waals surface area contributed by atoms with Gasteiger partial charge in [-0.2, -0.15) is 0 Å². The molecule has 1 aromatic carbocycles. The quantitative estimate of drug-likeness (QED) is 0.752. The van der Waals surface area contributed by atoms with Crippen LogP contribution in [0, 0.1) is 9.39 Å². The van der Waals surface area contributed by atoms with Crippen molar-refractivity contribution in [2.75, 3.05) is 26.4 Å². The molecule has 0 heterocycles. The van der Waals surface area contributed by atoms with Crippen LogP contribution in [0.15, 0.2) is 18.2 Å². The maximum atomic E-state index is 12.9. The third-order valence-electron chi connectivity index (χ3n) is 2.38. The number of carbonyl (C=O) groups excluding carboxylic acids is 1. The minimum absolute atomic E-state index is 0.00675. The maximum Gasteiger partial charge on any atom is 0.252 e. The Balaban J connectivity index is 2.62. The average molecular weight is 400 g/mol. The number of benzene rings is 1. The lowest BCUT2D eigenvalue weighted by Crippen LogP contribution is -2.34. The van der Waals surface area contributed by atoms with E-state index in [9.17, 15) is 17.6 Å². The van der Waals surface area contributed by atoms with Crippen LogP contribution in [-0.2, 0) is 10.0 Å². The van der Waals surface area contributed by atoms with Gasteiger partial charge in [0.05, 0.1) is 11.3 Å². The highest BCUT2D eigenvalue weighted by atomic mass is 127. The SMILES string of the molecule is CN(C)S(=O)(=O)CCNC(=O)c1ccc(F)cc1I. The van der Waals surface area contributed by atoms with Crippen LogP contribution in [0.3, 0.4) is 0 Å². The van der Waals surface area contributed by atoms with Crippen molar-refractivity contribution in [3.63, 3.8) is 0 Å². The highest BCUT2D eigenvalue weighted by molar-refractivity contribution is 14.1. The van der Waals surface area contributed by atoms with Gasteiger partial charge in [-0.1, -0.05) is 0 Å². The van der Waals surface area contributed by atoms with E-state index in [0.29, 0.717) is 9.13 Å². The Bertz CT molecular complexity index is 575. The lowest BCUT2D eigenvalue weighted by atomic mass is 10.2. The fourth-order valence-electron chi connectivity index (χ4n) is 1.24. The first-order valence-electron chi connectivity index (χ1n) is 5.37. The van der Waals surface area contributed by atoms with E-state index in [1.165, 1.54) is 32.3 Å². The number of hydrogen-bond donors (Lipinski definition) is 1. The molecule has 19 heavy (non-hydrogen) atoms. The van der Waals surface area contributed by atoms with E-state index >= 15 is 0 Å². The van der Waals surface area contributed by atoms with Crippen molar-refractivity contribution in [2.24, 2.45) is 0 Å². The molecule has 0 saturated heterocycles. The van der Waals surface area contributed by atoms with Crippen LogP contribution in [0.2, 0.25) is 0 Å². The monoisotopic (exact) mass is 400 g/mol. The minimum Gasteiger partial charge on any atom is -0.351 e. The third kappa shape index (κ3) is 4.69. The molecule has 0 saturated carbocycles. The van der Waals surface area contributed by atoms with E-state index in [0.717, 1.165) is 4.31 Å². The molecule has 106 valence electrons. The number of nitrogens with one attached hydrogen (secondary N) is 1. The number of sulfonamides is 1. The molecular formula is C11H14FIN2O3S. The molecule has 1 rings (SSSR count). The standard InChI is InChI=1S/C11H14FIN2O3S/c1-15(2)19(17,18)6-5-14-11(16)9-4-3-8(12)7-10(9)13/h3-4,7H,5-6H2,1-2H3,(H,14,16). The zero-order valence-electron chi connectivity index (χ0n) is 10.5. The van der Waals surface area contributed by atoms with Crippen molar-refractivity contribution in [2.45, 2.75) is 0 Å². The number of halogens is 2. The second-order valence-electron chi connectivity index (χ2n) is 3.98. The summed E-state index contributed by atoms with van der Waals surface area (Å²) >= 11 is 1.85. The Morgan fingerprint density at radius 2 is 2.05 bits per heavy atom. The molecule has 0 radical (unpaired) electrons. The van der Waals surface area contributed by atoms with Crippen molar-refractivity contribution >= 4 is 38.5 Å². The fourth-order valence-corrected chi connectivity index (χ4v) is 2.69. The molecular weight excluding hydrogens is 386 g/mol. The number of rotatable bonds is 5. The lowest BCUT2D eigenvalue weighted by Gasteiger charge is -2.12. The lowest BCUT2D eigenvalue weighted by molar-refractivity contribution is 0.0955. The molecule has 0 aliphatic heterocycles. The van der Waals surface area contributed by atoms with Gasteiger partial charge in [-0.25, -0.2) is 17.1 Å². The number of amides is 1. The molecule has 1 aromatic rings. The fraction of sp³-hybridized carbons (Fsp3) is 0.364. The highest BCUT2D eigenvalue weighted by Gasteiger charge is 2.15. The van der Waals surface area contributed by atoms with Crippen LogP contribution >= 0.6 is 22.6 Å². The first-order valence-corrected chi connectivity index (χ1v) is 8.06. The highest BCUT2D eigenvalue weighted by Crippen LogP contribution is 2.13. The Morgan fingerprint density at radius 3 is 2.58 bits per heavy atom. The summed E-state index contributed by atoms with van der Waals surface area (Å²) in [6.45, 7) is 0.00675. The average Bonchev–Trinajstić information content (AvgIpc) is 2.28. The summed E-state index contributed by atoms with van der Waals surface area (Å²) in [6, 6.07) is 3.80. The van der Waals surface area contributed by atoms with Gasteiger partial charge in [0.15, 0.2) is 0 Å². The molecule has 1 amide bonds. The van der Waals surface area contributed by atoms with E-state index in [1.54, 1.807) is 0 Å². The summed E-state index contributed by atoms with van der Waals surface area (Å²) in [5, 5.41) is 2.50. The second kappa shape index (κ2) is 6.62. The third-order valence-corrected chi connectivity index (χ3v) is 5.10. The molecule has 0 spiro atoms. The molecule has 0 fully saturated rings. The first-order chi connectivity index (χ1) is 8.74. The molecule has 5 nitrogen and oxygen atoms in total. The molecule has 1 N–H and O–H groups in total. The van der Waals surface area contributed by atoms with E-state index in [1.807, 2.05) is 22.6 Å². The Hall–Kier alpha value is -0.740. The topological polar surface area (TPSA) is 66.5 Å². The van der Waals surface area contributed by atoms with E-state index in [4.69, 9.17) is 0 Å². The van der Waals surface area contributed by atoms with Crippen molar-refractivity contribution in [3.8, 4) is 0 Å². The minimum atomic E-state index is -3.34. The predicted octanol–water partition coefficient (Wildman–Crippen LogP) is 1.05. The molecule has 0 bridgehead atoms.